The summed E-state index contributed by atoms with van der Waals surface area (Å²) in [5, 5.41) is 5.64. The van der Waals surface area contributed by atoms with Crippen LogP contribution in [0.1, 0.15) is 11.4 Å². The van der Waals surface area contributed by atoms with E-state index in [4.69, 9.17) is 0 Å². The Morgan fingerprint density at radius 2 is 1.84 bits per heavy atom. The highest BCUT2D eigenvalue weighted by molar-refractivity contribution is 5.58. The second-order valence-electron chi connectivity index (χ2n) is 5.24. The maximum atomic E-state index is 13.8. The highest BCUT2D eigenvalue weighted by Gasteiger charge is 2.14. The number of rotatable bonds is 5. The first-order valence-corrected chi connectivity index (χ1v) is 7.43. The molecular formula is C17H14F3N5. The third-order valence-electron chi connectivity index (χ3n) is 3.31. The zero-order valence-corrected chi connectivity index (χ0v) is 13.2. The average molecular weight is 345 g/mol. The lowest BCUT2D eigenvalue weighted by molar-refractivity contribution is 0.449. The van der Waals surface area contributed by atoms with Crippen molar-refractivity contribution in [3.63, 3.8) is 0 Å². The first kappa shape index (κ1) is 16.7. The van der Waals surface area contributed by atoms with E-state index < -0.39 is 17.5 Å². The molecule has 2 N–H and O–H groups in total. The van der Waals surface area contributed by atoms with Crippen LogP contribution in [0.5, 0.6) is 0 Å². The van der Waals surface area contributed by atoms with Crippen molar-refractivity contribution in [2.75, 3.05) is 10.6 Å². The molecule has 0 aliphatic carbocycles. The minimum absolute atomic E-state index is 0.215. The van der Waals surface area contributed by atoms with Gasteiger partial charge in [-0.25, -0.2) is 18.2 Å². The molecule has 0 fully saturated rings. The van der Waals surface area contributed by atoms with Gasteiger partial charge < -0.3 is 10.6 Å². The van der Waals surface area contributed by atoms with Gasteiger partial charge in [0.05, 0.1) is 17.9 Å². The molecule has 3 rings (SSSR count). The van der Waals surface area contributed by atoms with Crippen molar-refractivity contribution in [1.82, 2.24) is 15.0 Å². The molecule has 0 atom stereocenters. The van der Waals surface area contributed by atoms with Crippen LogP contribution in [0.25, 0.3) is 0 Å². The van der Waals surface area contributed by atoms with E-state index in [-0.39, 0.29) is 11.5 Å². The number of nitrogens with one attached hydrogen (secondary N) is 2. The Balaban J connectivity index is 1.79. The Labute approximate surface area is 142 Å². The molecule has 3 aromatic rings. The lowest BCUT2D eigenvalue weighted by Gasteiger charge is -2.11. The molecule has 0 unspecified atom stereocenters. The molecule has 0 bridgehead atoms. The largest absolute Gasteiger partial charge is 0.349 e. The summed E-state index contributed by atoms with van der Waals surface area (Å²) in [7, 11) is 0. The van der Waals surface area contributed by atoms with E-state index >= 15 is 0 Å². The third kappa shape index (κ3) is 4.03. The summed E-state index contributed by atoms with van der Waals surface area (Å²) in [6.45, 7) is 2.14. The topological polar surface area (TPSA) is 62.7 Å². The minimum atomic E-state index is -1.54. The maximum absolute atomic E-state index is 13.8. The summed E-state index contributed by atoms with van der Waals surface area (Å²) >= 11 is 0. The zero-order valence-electron chi connectivity index (χ0n) is 13.2. The van der Waals surface area contributed by atoms with Gasteiger partial charge in [0.25, 0.3) is 0 Å². The SMILES string of the molecule is Cc1cc(Nc2ccc(F)c(F)c2F)nc(NCc2ccccn2)n1. The van der Waals surface area contributed by atoms with Gasteiger partial charge in [-0.05, 0) is 31.2 Å². The van der Waals surface area contributed by atoms with Crippen LogP contribution in [0.2, 0.25) is 0 Å². The molecule has 0 amide bonds. The van der Waals surface area contributed by atoms with E-state index in [1.807, 2.05) is 18.2 Å². The third-order valence-corrected chi connectivity index (χ3v) is 3.31. The molecule has 1 aromatic carbocycles. The van der Waals surface area contributed by atoms with Gasteiger partial charge in [-0.1, -0.05) is 6.07 Å². The van der Waals surface area contributed by atoms with Gasteiger partial charge >= 0.3 is 0 Å². The van der Waals surface area contributed by atoms with Crippen LogP contribution >= 0.6 is 0 Å². The summed E-state index contributed by atoms with van der Waals surface area (Å²) in [5.74, 6) is -3.54. The monoisotopic (exact) mass is 345 g/mol. The summed E-state index contributed by atoms with van der Waals surface area (Å²) in [6, 6.07) is 9.03. The number of pyridine rings is 1. The van der Waals surface area contributed by atoms with Crippen molar-refractivity contribution in [1.29, 1.82) is 0 Å². The van der Waals surface area contributed by atoms with Gasteiger partial charge in [0.15, 0.2) is 17.5 Å². The Morgan fingerprint density at radius 3 is 2.60 bits per heavy atom. The van der Waals surface area contributed by atoms with Gasteiger partial charge in [0.2, 0.25) is 5.95 Å². The fourth-order valence-corrected chi connectivity index (χ4v) is 2.14. The molecule has 0 aliphatic rings. The highest BCUT2D eigenvalue weighted by Crippen LogP contribution is 2.23. The first-order valence-electron chi connectivity index (χ1n) is 7.43. The number of benzene rings is 1. The van der Waals surface area contributed by atoms with Crippen molar-refractivity contribution in [2.24, 2.45) is 0 Å². The fraction of sp³-hybridized carbons (Fsp3) is 0.118. The standard InChI is InChI=1S/C17H14F3N5/c1-10-8-14(24-13-6-5-12(18)15(19)16(13)20)25-17(23-10)22-9-11-4-2-3-7-21-11/h2-8H,9H2,1H3,(H2,22,23,24,25). The van der Waals surface area contributed by atoms with Crippen LogP contribution in [0.4, 0.5) is 30.6 Å². The van der Waals surface area contributed by atoms with Gasteiger partial charge in [0.1, 0.15) is 5.82 Å². The number of nitrogens with zero attached hydrogens (tertiary/aromatic N) is 3. The van der Waals surface area contributed by atoms with Gasteiger partial charge in [0, 0.05) is 18.0 Å². The number of halogens is 3. The van der Waals surface area contributed by atoms with Crippen LogP contribution < -0.4 is 10.6 Å². The minimum Gasteiger partial charge on any atom is -0.349 e. The van der Waals surface area contributed by atoms with Crippen molar-refractivity contribution in [3.05, 3.63) is 71.4 Å². The molecule has 0 saturated carbocycles. The van der Waals surface area contributed by atoms with Gasteiger partial charge in [-0.15, -0.1) is 0 Å². The van der Waals surface area contributed by atoms with Gasteiger partial charge in [-0.3, -0.25) is 4.98 Å². The molecule has 0 aliphatic heterocycles. The predicted molar refractivity (Wildman–Crippen MR) is 87.9 cm³/mol. The summed E-state index contributed by atoms with van der Waals surface area (Å²) < 4.78 is 40.1. The molecule has 0 radical (unpaired) electrons. The van der Waals surface area contributed by atoms with Crippen molar-refractivity contribution >= 4 is 17.5 Å². The maximum Gasteiger partial charge on any atom is 0.225 e. The van der Waals surface area contributed by atoms with Gasteiger partial charge in [-0.2, -0.15) is 4.98 Å². The molecule has 25 heavy (non-hydrogen) atoms. The number of hydrogen-bond acceptors (Lipinski definition) is 5. The van der Waals surface area contributed by atoms with Crippen LogP contribution in [0.3, 0.4) is 0 Å². The molecule has 8 heteroatoms. The second kappa shape index (κ2) is 7.16. The van der Waals surface area contributed by atoms with Crippen molar-refractivity contribution < 1.29 is 13.2 Å². The van der Waals surface area contributed by atoms with E-state index in [1.54, 1.807) is 19.2 Å². The molecule has 0 spiro atoms. The van der Waals surface area contributed by atoms with Crippen molar-refractivity contribution in [2.45, 2.75) is 13.5 Å². The van der Waals surface area contributed by atoms with Crippen LogP contribution in [-0.2, 0) is 6.54 Å². The van der Waals surface area contributed by atoms with E-state index in [0.717, 1.165) is 17.8 Å². The lowest BCUT2D eigenvalue weighted by Crippen LogP contribution is -2.08. The number of anilines is 3. The molecule has 2 aromatic heterocycles. The van der Waals surface area contributed by atoms with E-state index in [2.05, 4.69) is 25.6 Å². The number of aryl methyl sites for hydroxylation is 1. The second-order valence-corrected chi connectivity index (χ2v) is 5.24. The Morgan fingerprint density at radius 1 is 1.00 bits per heavy atom. The summed E-state index contributed by atoms with van der Waals surface area (Å²) in [6.07, 6.45) is 1.67. The predicted octanol–water partition coefficient (Wildman–Crippen LogP) is 3.95. The Bertz CT molecular complexity index is 887. The van der Waals surface area contributed by atoms with E-state index in [1.165, 1.54) is 0 Å². The Kier molecular flexibility index (Phi) is 4.78. The van der Waals surface area contributed by atoms with E-state index in [0.29, 0.717) is 18.2 Å². The Hall–Kier alpha value is -3.16. The molecule has 0 saturated heterocycles. The fourth-order valence-electron chi connectivity index (χ4n) is 2.14. The lowest BCUT2D eigenvalue weighted by atomic mass is 10.2. The molecule has 2 heterocycles. The van der Waals surface area contributed by atoms with Crippen molar-refractivity contribution in [3.8, 4) is 0 Å². The van der Waals surface area contributed by atoms with Crippen LogP contribution in [0, 0.1) is 24.4 Å². The number of aromatic nitrogens is 3. The normalized spacial score (nSPS) is 10.6. The molecular weight excluding hydrogens is 331 g/mol. The first-order chi connectivity index (χ1) is 12.0. The molecule has 5 nitrogen and oxygen atoms in total. The van der Waals surface area contributed by atoms with Crippen LogP contribution in [-0.4, -0.2) is 15.0 Å². The average Bonchev–Trinajstić information content (AvgIpc) is 2.61. The quantitative estimate of drug-likeness (QED) is 0.686. The highest BCUT2D eigenvalue weighted by atomic mass is 19.2. The smallest absolute Gasteiger partial charge is 0.225 e. The number of hydrogen-bond donors (Lipinski definition) is 2. The summed E-state index contributed by atoms with van der Waals surface area (Å²) in [5.41, 5.74) is 1.20. The van der Waals surface area contributed by atoms with E-state index in [9.17, 15) is 13.2 Å². The zero-order chi connectivity index (χ0) is 17.8. The van der Waals surface area contributed by atoms with Crippen LogP contribution in [0.15, 0.2) is 42.6 Å². The summed E-state index contributed by atoms with van der Waals surface area (Å²) in [4.78, 5) is 12.6. The molecule has 128 valence electrons.